The van der Waals surface area contributed by atoms with Gasteiger partial charge in [-0.15, -0.1) is 0 Å². The van der Waals surface area contributed by atoms with Gasteiger partial charge in [-0.05, 0) is 97.5 Å². The molecular formula is C43H40ErF3N4O7. The van der Waals surface area contributed by atoms with Crippen LogP contribution in [0.2, 0.25) is 0 Å². The van der Waals surface area contributed by atoms with E-state index in [0.29, 0.717) is 68.7 Å². The molecule has 0 amide bonds. The van der Waals surface area contributed by atoms with Crippen molar-refractivity contribution < 1.29 is 84.9 Å². The van der Waals surface area contributed by atoms with Crippen LogP contribution in [-0.4, -0.2) is 64.5 Å². The van der Waals surface area contributed by atoms with Crippen molar-refractivity contribution in [2.24, 2.45) is 0 Å². The number of aromatic nitrogens is 2. The van der Waals surface area contributed by atoms with E-state index in [-0.39, 0.29) is 71.6 Å². The number of halogens is 3. The first-order chi connectivity index (χ1) is 27.2. The number of nitrogens with zero attached hydrogens (tertiary/aromatic N) is 4. The van der Waals surface area contributed by atoms with Crippen LogP contribution >= 0.6 is 0 Å². The molecule has 0 aliphatic heterocycles. The van der Waals surface area contributed by atoms with Crippen molar-refractivity contribution in [3.05, 3.63) is 159 Å². The Kier molecular flexibility index (Phi) is 18.5. The average molecular weight is 949 g/mol. The molecule has 15 heteroatoms. The molecule has 3 aromatic carbocycles. The Balaban J connectivity index is 0.000000421. The van der Waals surface area contributed by atoms with Crippen molar-refractivity contribution >= 4 is 18.4 Å². The number of hydrogen-bond acceptors (Lipinski definition) is 11. The number of pyridine rings is 2. The van der Waals surface area contributed by atoms with E-state index in [2.05, 4.69) is 19.8 Å². The molecule has 0 aliphatic carbocycles. The van der Waals surface area contributed by atoms with Gasteiger partial charge in [0, 0.05) is 68.4 Å². The molecule has 0 saturated heterocycles. The summed E-state index contributed by atoms with van der Waals surface area (Å²) in [6.45, 7) is 6.49. The number of carbonyl (C=O) groups is 3. The largest absolute Gasteiger partial charge is 3.00 e. The average Bonchev–Trinajstić information content (AvgIpc) is 3.19. The Morgan fingerprint density at radius 3 is 1.53 bits per heavy atom. The van der Waals surface area contributed by atoms with E-state index >= 15 is 0 Å². The number of alkyl halides is 3. The topological polar surface area (TPSA) is 162 Å². The fourth-order valence-electron chi connectivity index (χ4n) is 5.84. The summed E-state index contributed by atoms with van der Waals surface area (Å²) in [5, 5.41) is 36.4. The number of methoxy groups -OCH3 is 1. The first-order valence-corrected chi connectivity index (χ1v) is 17.6. The maximum absolute atomic E-state index is 12.9. The molecule has 5 aromatic rings. The minimum atomic E-state index is -5.03. The Labute approximate surface area is 364 Å². The summed E-state index contributed by atoms with van der Waals surface area (Å²) in [5.41, 5.74) is 4.78. The number of aryl methyl sites for hydroxylation is 2. The Morgan fingerprint density at radius 1 is 0.724 bits per heavy atom. The monoisotopic (exact) mass is 947 g/mol. The first kappa shape index (κ1) is 47.2. The molecule has 0 fully saturated rings. The fourth-order valence-corrected chi connectivity index (χ4v) is 5.84. The molecule has 0 unspecified atom stereocenters. The maximum Gasteiger partial charge on any atom is 3.00 e. The summed E-state index contributed by atoms with van der Waals surface area (Å²) < 4.78 is 40.5. The molecule has 2 heterocycles. The van der Waals surface area contributed by atoms with E-state index in [1.165, 1.54) is 31.4 Å². The second-order valence-electron chi connectivity index (χ2n) is 13.1. The van der Waals surface area contributed by atoms with Gasteiger partial charge in [0.15, 0.2) is 5.78 Å². The second kappa shape index (κ2) is 22.7. The van der Waals surface area contributed by atoms with Gasteiger partial charge in [-0.2, -0.15) is 13.2 Å². The number of carbonyl (C=O) groups excluding carboxylic acids is 3. The van der Waals surface area contributed by atoms with Gasteiger partial charge in [-0.1, -0.05) is 46.9 Å². The van der Waals surface area contributed by atoms with Gasteiger partial charge >= 0.3 is 43.5 Å². The van der Waals surface area contributed by atoms with Crippen LogP contribution in [0, 0.1) is 51.2 Å². The molecule has 5 rings (SSSR count). The molecule has 0 atom stereocenters. The quantitative estimate of drug-likeness (QED) is 0.0550. The Morgan fingerprint density at radius 2 is 1.17 bits per heavy atom. The summed E-state index contributed by atoms with van der Waals surface area (Å²) in [6, 6.07) is 23.6. The molecule has 2 aromatic heterocycles. The van der Waals surface area contributed by atoms with Crippen molar-refractivity contribution in [1.82, 2.24) is 19.8 Å². The number of allylic oxidation sites excluding steroid dienone is 2. The number of benzene rings is 3. The molecule has 58 heavy (non-hydrogen) atoms. The van der Waals surface area contributed by atoms with E-state index in [4.69, 9.17) is 4.74 Å². The zero-order valence-corrected chi connectivity index (χ0v) is 33.6. The van der Waals surface area contributed by atoms with Crippen LogP contribution in [0.15, 0.2) is 109 Å². The second-order valence-corrected chi connectivity index (χ2v) is 13.1. The van der Waals surface area contributed by atoms with Crippen molar-refractivity contribution in [3.8, 4) is 17.2 Å². The van der Waals surface area contributed by atoms with Crippen LogP contribution in [0.3, 0.4) is 0 Å². The van der Waals surface area contributed by atoms with E-state index < -0.39 is 17.7 Å². The van der Waals surface area contributed by atoms with Crippen LogP contribution in [0.4, 0.5) is 13.2 Å². The van der Waals surface area contributed by atoms with Gasteiger partial charge in [0.05, 0.1) is 18.5 Å². The smallest absolute Gasteiger partial charge is 0.872 e. The number of hydrogen-bond donors (Lipinski definition) is 0. The van der Waals surface area contributed by atoms with Crippen LogP contribution in [0.1, 0.15) is 64.7 Å². The Bertz CT molecular complexity index is 2040. The third kappa shape index (κ3) is 14.4. The summed E-state index contributed by atoms with van der Waals surface area (Å²) in [4.78, 5) is 47.4. The third-order valence-electron chi connectivity index (χ3n) is 8.59. The third-order valence-corrected chi connectivity index (χ3v) is 8.59. The zero-order valence-electron chi connectivity index (χ0n) is 31.8. The SMILES string of the molecule is COc1ccc(C(=O)/C=C(\[O-])C(F)(F)F)cc1.Cc1cc(C=O)c([O-])c(CN(CCN(Cc2ccccn2)Cc2cc(C)cc(C=O)c2[O-])Cc2ccccn2)c1.[Er+3]. The van der Waals surface area contributed by atoms with Crippen LogP contribution in [-0.2, 0) is 26.2 Å². The number of ether oxygens (including phenoxy) is 1. The predicted octanol–water partition coefficient (Wildman–Crippen LogP) is 5.25. The molecule has 307 valence electrons. The summed E-state index contributed by atoms with van der Waals surface area (Å²) >= 11 is 0. The molecule has 0 aliphatic rings. The molecule has 0 spiro atoms. The van der Waals surface area contributed by atoms with Gasteiger partial charge in [0.2, 0.25) is 0 Å². The van der Waals surface area contributed by atoms with E-state index in [1.807, 2.05) is 62.4 Å². The molecule has 0 bridgehead atoms. The molecular weight excluding hydrogens is 909 g/mol. The van der Waals surface area contributed by atoms with Crippen molar-refractivity contribution in [1.29, 1.82) is 0 Å². The summed E-state index contributed by atoms with van der Waals surface area (Å²) in [5.74, 6) is -3.24. The molecule has 0 N–H and O–H groups in total. The fraction of sp³-hybridized carbons (Fsp3) is 0.233. The first-order valence-electron chi connectivity index (χ1n) is 17.6. The number of rotatable bonds is 16. The van der Waals surface area contributed by atoms with Gasteiger partial charge in [-0.25, -0.2) is 0 Å². The van der Waals surface area contributed by atoms with E-state index in [9.17, 15) is 42.9 Å². The molecule has 11 nitrogen and oxygen atoms in total. The van der Waals surface area contributed by atoms with Crippen molar-refractivity contribution in [2.45, 2.75) is 46.2 Å². The van der Waals surface area contributed by atoms with Gasteiger partial charge in [0.1, 0.15) is 18.3 Å². The number of aldehydes is 2. The minimum absolute atomic E-state index is 0. The zero-order chi connectivity index (χ0) is 41.5. The van der Waals surface area contributed by atoms with E-state index in [0.717, 1.165) is 22.5 Å². The summed E-state index contributed by atoms with van der Waals surface area (Å²) in [6.07, 6.45) is -0.326. The van der Waals surface area contributed by atoms with Crippen molar-refractivity contribution in [3.63, 3.8) is 0 Å². The number of ketones is 1. The van der Waals surface area contributed by atoms with E-state index in [1.54, 1.807) is 24.5 Å². The predicted molar refractivity (Wildman–Crippen MR) is 200 cm³/mol. The van der Waals surface area contributed by atoms with Gasteiger partial charge in [-0.3, -0.25) is 34.2 Å². The standard InChI is InChI=1S/C32H34N4O4.C11H9F3O3.Er/c1-23-13-25(31(39)27(15-23)21-37)17-35(19-29-7-3-5-9-33-29)11-12-36(20-30-8-4-6-10-34-30)18-26-14-24(2)16-28(22-38)32(26)40;1-17-8-4-2-7(3-5-8)9(15)6-10(16)11(12,13)14;/h3-10,13-16,21-22,39-40H,11-12,17-20H2,1-2H3;2-6,16H,1H3;/q;;+3/p-3/b;10-6-;. The van der Waals surface area contributed by atoms with Gasteiger partial charge in [0.25, 0.3) is 0 Å². The van der Waals surface area contributed by atoms with Crippen LogP contribution in [0.25, 0.3) is 0 Å². The van der Waals surface area contributed by atoms with Gasteiger partial charge < -0.3 is 20.1 Å². The Hall–Kier alpha value is -5.13. The molecule has 1 radical (unpaired) electrons. The normalized spacial score (nSPS) is 11.3. The van der Waals surface area contributed by atoms with Crippen LogP contribution < -0.4 is 20.1 Å². The summed E-state index contributed by atoms with van der Waals surface area (Å²) in [7, 11) is 1.41. The van der Waals surface area contributed by atoms with Crippen molar-refractivity contribution in [2.75, 3.05) is 20.2 Å². The maximum atomic E-state index is 12.9. The molecule has 0 saturated carbocycles. The van der Waals surface area contributed by atoms with Crippen LogP contribution in [0.5, 0.6) is 17.2 Å². The minimum Gasteiger partial charge on any atom is -0.872 e.